The van der Waals surface area contributed by atoms with E-state index in [2.05, 4.69) is 35.8 Å². The number of nitrogens with two attached hydrogens (primary N) is 1. The number of aromatic nitrogens is 2. The van der Waals surface area contributed by atoms with E-state index in [4.69, 9.17) is 16.1 Å². The predicted molar refractivity (Wildman–Crippen MR) is 250 cm³/mol. The summed E-state index contributed by atoms with van der Waals surface area (Å²) in [5.41, 5.74) is 15.7. The van der Waals surface area contributed by atoms with Gasteiger partial charge in [-0.05, 0) is 99.9 Å². The smallest absolute Gasteiger partial charge is 0.328 e. The highest BCUT2D eigenvalue weighted by Gasteiger charge is 2.47. The second kappa shape index (κ2) is 18.7. The summed E-state index contributed by atoms with van der Waals surface area (Å²) in [6, 6.07) is 18.9. The standard InChI is InChI=1S/C24H28N4O5S.C24H27N3O6S/c1-23(21(29)26-31,34(2,32)33)11-12-27-15-20-13-18(14-28(20)22(27)30)4-3-17-5-7-19(8-6-17)24(16-25)9-10-24;1-23(21(29)25-31,34(2,32)33)11-12-26-15-20-13-18(14-27(20)22(26)30)4-3-17-5-7-19(8-6-17)24(16-28)9-10-24/h5-8,13-14,31H,9-12,15-16,25H2,1-2H3,(H,26,29);5-8,13-14,28,31H,9-12,15-16H2,1-2H3,(H,25,29)/t2*23-/m11/s1. The molecule has 7 N–H and O–H groups in total. The van der Waals surface area contributed by atoms with Crippen molar-refractivity contribution in [2.24, 2.45) is 5.73 Å². The molecule has 20 heteroatoms. The minimum Gasteiger partial charge on any atom is -0.395 e. The van der Waals surface area contributed by atoms with Gasteiger partial charge in [-0.1, -0.05) is 47.9 Å². The zero-order valence-corrected chi connectivity index (χ0v) is 39.8. The number of hydrogen-bond acceptors (Lipinski definition) is 12. The summed E-state index contributed by atoms with van der Waals surface area (Å²) in [6.45, 7) is 3.87. The molecule has 2 aliphatic carbocycles. The number of nitrogens with one attached hydrogen (secondary N) is 2. The molecule has 4 aliphatic rings. The highest BCUT2D eigenvalue weighted by molar-refractivity contribution is 7.93. The van der Waals surface area contributed by atoms with Crippen molar-refractivity contribution in [1.82, 2.24) is 29.9 Å². The Morgan fingerprint density at radius 3 is 1.29 bits per heavy atom. The van der Waals surface area contributed by atoms with Gasteiger partial charge in [0.15, 0.2) is 29.2 Å². The summed E-state index contributed by atoms with van der Waals surface area (Å²) >= 11 is 0. The van der Waals surface area contributed by atoms with Crippen molar-refractivity contribution in [1.29, 1.82) is 0 Å². The van der Waals surface area contributed by atoms with Gasteiger partial charge in [0, 0.05) is 89.0 Å². The molecule has 2 atom stereocenters. The van der Waals surface area contributed by atoms with Gasteiger partial charge in [-0.2, -0.15) is 0 Å². The fraction of sp³-hybridized carbons (Fsp3) is 0.417. The number of amides is 4. The van der Waals surface area contributed by atoms with E-state index >= 15 is 0 Å². The number of fused-ring (bicyclic) bond motifs is 2. The van der Waals surface area contributed by atoms with Gasteiger partial charge in [-0.15, -0.1) is 0 Å². The number of nitrogens with zero attached hydrogens (tertiary/aromatic N) is 4. The third-order valence-corrected chi connectivity index (χ3v) is 18.1. The second-order valence-corrected chi connectivity index (χ2v) is 23.4. The molecule has 2 aliphatic heterocycles. The quantitative estimate of drug-likeness (QED) is 0.0606. The Bertz CT molecular complexity index is 2800. The van der Waals surface area contributed by atoms with Gasteiger partial charge in [0.25, 0.3) is 11.8 Å². The van der Waals surface area contributed by atoms with Crippen molar-refractivity contribution in [3.63, 3.8) is 0 Å². The summed E-state index contributed by atoms with van der Waals surface area (Å²) in [5, 5.41) is 27.4. The van der Waals surface area contributed by atoms with Gasteiger partial charge < -0.3 is 20.6 Å². The minimum absolute atomic E-state index is 0.0280. The van der Waals surface area contributed by atoms with Crippen molar-refractivity contribution < 1.29 is 51.5 Å². The molecule has 18 nitrogen and oxygen atoms in total. The van der Waals surface area contributed by atoms with Crippen LogP contribution in [-0.2, 0) is 53.2 Å². The molecule has 0 spiro atoms. The molecule has 360 valence electrons. The largest absolute Gasteiger partial charge is 0.395 e. The van der Waals surface area contributed by atoms with Gasteiger partial charge in [0.05, 0.1) is 19.7 Å². The van der Waals surface area contributed by atoms with Crippen LogP contribution in [0, 0.1) is 23.7 Å². The molecular formula is C48H55N7O11S2. The maximum atomic E-state index is 12.8. The third-order valence-electron chi connectivity index (χ3n) is 14.1. The van der Waals surface area contributed by atoms with Crippen LogP contribution in [0.3, 0.4) is 0 Å². The number of aliphatic hydroxyl groups is 1. The van der Waals surface area contributed by atoms with Crippen molar-refractivity contribution in [2.45, 2.75) is 85.8 Å². The topological polar surface area (TPSA) is 264 Å². The number of hydrogen-bond donors (Lipinski definition) is 6. The lowest BCUT2D eigenvalue weighted by molar-refractivity contribution is -0.132. The van der Waals surface area contributed by atoms with Crippen molar-refractivity contribution in [3.8, 4) is 23.7 Å². The minimum atomic E-state index is -3.84. The van der Waals surface area contributed by atoms with E-state index in [0.29, 0.717) is 17.7 Å². The van der Waals surface area contributed by atoms with E-state index in [0.717, 1.165) is 66.3 Å². The Kier molecular flexibility index (Phi) is 13.6. The van der Waals surface area contributed by atoms with Crippen LogP contribution in [0.5, 0.6) is 0 Å². The molecule has 0 bridgehead atoms. The number of benzene rings is 2. The number of aliphatic hydroxyl groups excluding tert-OH is 1. The molecule has 4 aromatic rings. The summed E-state index contributed by atoms with van der Waals surface area (Å²) in [6.07, 6.45) is 9.08. The van der Waals surface area contributed by atoms with Gasteiger partial charge in [-0.3, -0.25) is 29.1 Å². The normalized spacial score (nSPS) is 18.0. The first-order valence-electron chi connectivity index (χ1n) is 21.9. The van der Waals surface area contributed by atoms with E-state index in [1.807, 2.05) is 42.5 Å². The van der Waals surface area contributed by atoms with Gasteiger partial charge in [0.2, 0.25) is 0 Å². The fourth-order valence-corrected chi connectivity index (χ4v) is 10.0. The summed E-state index contributed by atoms with van der Waals surface area (Å²) in [5.74, 6) is 10.3. The lowest BCUT2D eigenvalue weighted by atomic mass is 9.95. The molecule has 4 heterocycles. The average Bonchev–Trinajstić information content (AvgIpc) is 4.16. The zero-order chi connectivity index (χ0) is 49.5. The first kappa shape index (κ1) is 49.6. The first-order valence-corrected chi connectivity index (χ1v) is 25.7. The Morgan fingerprint density at radius 2 is 1.00 bits per heavy atom. The number of carbonyl (C=O) groups excluding carboxylic acids is 4. The van der Waals surface area contributed by atoms with E-state index < -0.39 is 41.0 Å². The van der Waals surface area contributed by atoms with Crippen LogP contribution in [0.1, 0.15) is 97.1 Å². The van der Waals surface area contributed by atoms with Crippen molar-refractivity contribution >= 4 is 43.6 Å². The number of carbonyl (C=O) groups is 4. The molecule has 8 rings (SSSR count). The average molecular weight is 970 g/mol. The molecule has 2 aromatic carbocycles. The lowest BCUT2D eigenvalue weighted by Gasteiger charge is -2.27. The van der Waals surface area contributed by atoms with Crippen molar-refractivity contribution in [3.05, 3.63) is 118 Å². The van der Waals surface area contributed by atoms with Gasteiger partial charge in [0.1, 0.15) is 0 Å². The highest BCUT2D eigenvalue weighted by atomic mass is 32.2. The molecule has 0 saturated heterocycles. The molecule has 2 aromatic heterocycles. The molecule has 0 radical (unpaired) electrons. The number of sulfone groups is 2. The SMILES string of the molecule is C[C@@](CCN1Cc2cc(C#Cc3ccc(C4(CN)CC4)cc3)cn2C1=O)(C(=O)NO)S(C)(=O)=O.C[C@@](CCN1Cc2cc(C#Cc3ccc(C4(CO)CC4)cc3)cn2C1=O)(C(=O)NO)S(C)(=O)=O. The van der Waals surface area contributed by atoms with Gasteiger partial charge in [-0.25, -0.2) is 37.4 Å². The van der Waals surface area contributed by atoms with E-state index in [-0.39, 0.29) is 68.5 Å². The third kappa shape index (κ3) is 9.70. The Hall–Kier alpha value is -6.26. The Morgan fingerprint density at radius 1 is 0.647 bits per heavy atom. The fourth-order valence-electron chi connectivity index (χ4n) is 8.35. The van der Waals surface area contributed by atoms with Crippen LogP contribution < -0.4 is 16.7 Å². The summed E-state index contributed by atoms with van der Waals surface area (Å²) in [4.78, 5) is 52.4. The van der Waals surface area contributed by atoms with E-state index in [1.54, 1.807) is 18.5 Å². The molecular weight excluding hydrogens is 915 g/mol. The molecule has 4 amide bonds. The Balaban J connectivity index is 0.000000201. The monoisotopic (exact) mass is 969 g/mol. The maximum absolute atomic E-state index is 12.8. The molecule has 0 unspecified atom stereocenters. The van der Waals surface area contributed by atoms with Crippen LogP contribution in [0.2, 0.25) is 0 Å². The second-order valence-electron chi connectivity index (χ2n) is 18.6. The van der Waals surface area contributed by atoms with Gasteiger partial charge >= 0.3 is 12.1 Å². The van der Waals surface area contributed by atoms with Crippen LogP contribution in [0.25, 0.3) is 0 Å². The maximum Gasteiger partial charge on any atom is 0.328 e. The lowest BCUT2D eigenvalue weighted by Crippen LogP contribution is -2.50. The highest BCUT2D eigenvalue weighted by Crippen LogP contribution is 2.48. The first-order chi connectivity index (χ1) is 32.1. The summed E-state index contributed by atoms with van der Waals surface area (Å²) in [7, 11) is -7.67. The number of rotatable bonds is 14. The van der Waals surface area contributed by atoms with E-state index in [9.17, 15) is 41.1 Å². The molecule has 68 heavy (non-hydrogen) atoms. The van der Waals surface area contributed by atoms with Crippen LogP contribution >= 0.6 is 0 Å². The van der Waals surface area contributed by atoms with Crippen LogP contribution in [0.4, 0.5) is 9.59 Å². The predicted octanol–water partition coefficient (Wildman–Crippen LogP) is 2.76. The van der Waals surface area contributed by atoms with Crippen molar-refractivity contribution in [2.75, 3.05) is 38.8 Å². The molecule has 2 fully saturated rings. The summed E-state index contributed by atoms with van der Waals surface area (Å²) < 4.78 is 47.7. The van der Waals surface area contributed by atoms with E-state index in [1.165, 1.54) is 49.3 Å². The molecule has 2 saturated carbocycles. The van der Waals surface area contributed by atoms with Crippen LogP contribution in [0.15, 0.2) is 73.1 Å². The zero-order valence-electron chi connectivity index (χ0n) is 38.2. The van der Waals surface area contributed by atoms with Crippen LogP contribution in [-0.4, -0.2) is 123 Å². The number of hydroxylamine groups is 2. The Labute approximate surface area is 395 Å².